The maximum Gasteiger partial charge on any atom is 0.270 e. The third-order valence-corrected chi connectivity index (χ3v) is 4.30. The van der Waals surface area contributed by atoms with Crippen LogP contribution in [0.25, 0.3) is 0 Å². The topological polar surface area (TPSA) is 84.3 Å². The molecule has 0 bridgehead atoms. The molecule has 1 aromatic carbocycles. The number of rotatable bonds is 5. The van der Waals surface area contributed by atoms with Gasteiger partial charge in [-0.15, -0.1) is 12.4 Å². The molecule has 1 heterocycles. The second-order valence-corrected chi connectivity index (χ2v) is 6.03. The van der Waals surface area contributed by atoms with Gasteiger partial charge in [0.25, 0.3) is 11.6 Å². The molecule has 0 saturated carbocycles. The quantitative estimate of drug-likeness (QED) is 0.596. The molecule has 1 aliphatic heterocycles. The van der Waals surface area contributed by atoms with Crippen LogP contribution in [0.15, 0.2) is 22.7 Å². The van der Waals surface area contributed by atoms with E-state index >= 15 is 0 Å². The summed E-state index contributed by atoms with van der Waals surface area (Å²) in [5.74, 6) is 0.403. The Labute approximate surface area is 143 Å². The number of non-ortho nitro benzene ring substituents is 1. The van der Waals surface area contributed by atoms with Crippen molar-refractivity contribution in [2.24, 2.45) is 5.92 Å². The van der Waals surface area contributed by atoms with Crippen molar-refractivity contribution in [2.75, 3.05) is 19.6 Å². The van der Waals surface area contributed by atoms with Gasteiger partial charge in [-0.1, -0.05) is 0 Å². The predicted octanol–water partition coefficient (Wildman–Crippen LogP) is 2.90. The van der Waals surface area contributed by atoms with E-state index in [0.717, 1.165) is 19.5 Å². The molecule has 1 fully saturated rings. The highest BCUT2D eigenvalue weighted by Crippen LogP contribution is 2.23. The predicted molar refractivity (Wildman–Crippen MR) is 90.6 cm³/mol. The summed E-state index contributed by atoms with van der Waals surface area (Å²) in [7, 11) is 0. The Morgan fingerprint density at radius 1 is 1.50 bits per heavy atom. The number of halogens is 2. The van der Waals surface area contributed by atoms with Crippen LogP contribution in [0.5, 0.6) is 0 Å². The number of piperidine rings is 1. The van der Waals surface area contributed by atoms with Crippen LogP contribution in [-0.2, 0) is 0 Å². The van der Waals surface area contributed by atoms with E-state index in [2.05, 4.69) is 26.6 Å². The first-order valence-electron chi connectivity index (χ1n) is 7.01. The van der Waals surface area contributed by atoms with Gasteiger partial charge in [0.05, 0.1) is 10.5 Å². The minimum atomic E-state index is -0.484. The van der Waals surface area contributed by atoms with E-state index in [1.54, 1.807) is 0 Å². The zero-order valence-electron chi connectivity index (χ0n) is 12.0. The lowest BCUT2D eigenvalue weighted by molar-refractivity contribution is -0.384. The Balaban J connectivity index is 0.00000242. The molecule has 22 heavy (non-hydrogen) atoms. The van der Waals surface area contributed by atoms with Crippen LogP contribution in [0.2, 0.25) is 0 Å². The summed E-state index contributed by atoms with van der Waals surface area (Å²) in [6.45, 7) is 2.71. The molecule has 1 atom stereocenters. The van der Waals surface area contributed by atoms with E-state index in [1.165, 1.54) is 31.0 Å². The summed E-state index contributed by atoms with van der Waals surface area (Å²) in [4.78, 5) is 22.2. The molecule has 2 rings (SSSR count). The first kappa shape index (κ1) is 18.9. The summed E-state index contributed by atoms with van der Waals surface area (Å²) in [5, 5.41) is 16.9. The number of nitro benzene ring substituents is 1. The van der Waals surface area contributed by atoms with Gasteiger partial charge in [0, 0.05) is 23.2 Å². The van der Waals surface area contributed by atoms with Crippen LogP contribution in [0, 0.1) is 16.0 Å². The molecule has 122 valence electrons. The molecule has 0 aliphatic carbocycles. The highest BCUT2D eigenvalue weighted by Gasteiger charge is 2.16. The summed E-state index contributed by atoms with van der Waals surface area (Å²) < 4.78 is 0.438. The Hall–Kier alpha value is -1.18. The maximum atomic E-state index is 12.1. The maximum absolute atomic E-state index is 12.1. The summed E-state index contributed by atoms with van der Waals surface area (Å²) in [6.07, 6.45) is 3.33. The fraction of sp³-hybridized carbons (Fsp3) is 0.500. The minimum Gasteiger partial charge on any atom is -0.352 e. The van der Waals surface area contributed by atoms with Gasteiger partial charge in [0.2, 0.25) is 0 Å². The van der Waals surface area contributed by atoms with Crippen molar-refractivity contribution >= 4 is 39.9 Å². The van der Waals surface area contributed by atoms with E-state index in [9.17, 15) is 14.9 Å². The average molecular weight is 393 g/mol. The lowest BCUT2D eigenvalue weighted by Gasteiger charge is -2.22. The van der Waals surface area contributed by atoms with Crippen LogP contribution >= 0.6 is 28.3 Å². The second-order valence-electron chi connectivity index (χ2n) is 5.18. The third kappa shape index (κ3) is 5.23. The van der Waals surface area contributed by atoms with Crippen LogP contribution in [-0.4, -0.2) is 30.5 Å². The SMILES string of the molecule is Cl.O=C(NCCC1CCCNC1)c1ccc([N+](=O)[O-])cc1Br. The minimum absolute atomic E-state index is 0. The molecule has 8 heteroatoms. The molecule has 0 radical (unpaired) electrons. The number of amides is 1. The smallest absolute Gasteiger partial charge is 0.270 e. The number of carbonyl (C=O) groups is 1. The lowest BCUT2D eigenvalue weighted by Crippen LogP contribution is -2.33. The summed E-state index contributed by atoms with van der Waals surface area (Å²) in [5.41, 5.74) is 0.383. The molecule has 0 aromatic heterocycles. The van der Waals surface area contributed by atoms with Gasteiger partial charge in [0.1, 0.15) is 0 Å². The van der Waals surface area contributed by atoms with E-state index in [1.807, 2.05) is 0 Å². The zero-order valence-corrected chi connectivity index (χ0v) is 14.4. The lowest BCUT2D eigenvalue weighted by atomic mass is 9.96. The number of benzene rings is 1. The van der Waals surface area contributed by atoms with Crippen LogP contribution in [0.1, 0.15) is 29.6 Å². The van der Waals surface area contributed by atoms with Crippen molar-refractivity contribution in [3.05, 3.63) is 38.3 Å². The molecule has 1 unspecified atom stereocenters. The average Bonchev–Trinajstić information content (AvgIpc) is 2.48. The standard InChI is InChI=1S/C14H18BrN3O3.ClH/c15-13-8-11(18(20)21)3-4-12(13)14(19)17-7-5-10-2-1-6-16-9-10;/h3-4,8,10,16H,1-2,5-7,9H2,(H,17,19);1H. The first-order chi connectivity index (χ1) is 10.1. The van der Waals surface area contributed by atoms with Crippen molar-refractivity contribution in [2.45, 2.75) is 19.3 Å². The van der Waals surface area contributed by atoms with Crippen LogP contribution in [0.4, 0.5) is 5.69 Å². The number of nitrogens with one attached hydrogen (secondary N) is 2. The number of carbonyl (C=O) groups excluding carboxylic acids is 1. The molecular weight excluding hydrogens is 374 g/mol. The second kappa shape index (κ2) is 9.07. The molecule has 0 spiro atoms. The summed E-state index contributed by atoms with van der Waals surface area (Å²) in [6, 6.07) is 4.16. The molecule has 6 nitrogen and oxygen atoms in total. The molecule has 1 aliphatic rings. The highest BCUT2D eigenvalue weighted by molar-refractivity contribution is 9.10. The number of nitrogens with zero attached hydrogens (tertiary/aromatic N) is 1. The third-order valence-electron chi connectivity index (χ3n) is 3.65. The largest absolute Gasteiger partial charge is 0.352 e. The van der Waals surface area contributed by atoms with E-state index in [-0.39, 0.29) is 24.0 Å². The highest BCUT2D eigenvalue weighted by atomic mass is 79.9. The van der Waals surface area contributed by atoms with Gasteiger partial charge in [0.15, 0.2) is 0 Å². The van der Waals surface area contributed by atoms with E-state index < -0.39 is 4.92 Å². The molecule has 1 saturated heterocycles. The van der Waals surface area contributed by atoms with Gasteiger partial charge >= 0.3 is 0 Å². The van der Waals surface area contributed by atoms with Gasteiger partial charge in [-0.05, 0) is 60.3 Å². The monoisotopic (exact) mass is 391 g/mol. The summed E-state index contributed by atoms with van der Waals surface area (Å²) >= 11 is 3.21. The van der Waals surface area contributed by atoms with Gasteiger partial charge < -0.3 is 10.6 Å². The first-order valence-corrected chi connectivity index (χ1v) is 7.80. The van der Waals surface area contributed by atoms with Gasteiger partial charge in [-0.2, -0.15) is 0 Å². The van der Waals surface area contributed by atoms with Crippen LogP contribution < -0.4 is 10.6 Å². The molecule has 1 aromatic rings. The fourth-order valence-electron chi connectivity index (χ4n) is 2.46. The van der Waals surface area contributed by atoms with Gasteiger partial charge in [-0.25, -0.2) is 0 Å². The zero-order chi connectivity index (χ0) is 15.2. The Morgan fingerprint density at radius 2 is 2.27 bits per heavy atom. The molecular formula is C14H19BrClN3O3. The Morgan fingerprint density at radius 3 is 2.86 bits per heavy atom. The van der Waals surface area contributed by atoms with E-state index in [4.69, 9.17) is 0 Å². The number of hydrogen-bond acceptors (Lipinski definition) is 4. The normalized spacial score (nSPS) is 17.4. The van der Waals surface area contributed by atoms with Crippen molar-refractivity contribution in [3.8, 4) is 0 Å². The van der Waals surface area contributed by atoms with E-state index in [0.29, 0.717) is 22.5 Å². The Kier molecular flexibility index (Phi) is 7.78. The van der Waals surface area contributed by atoms with Crippen molar-refractivity contribution in [1.82, 2.24) is 10.6 Å². The Bertz CT molecular complexity index is 536. The molecule has 2 N–H and O–H groups in total. The van der Waals surface area contributed by atoms with Crippen molar-refractivity contribution in [1.29, 1.82) is 0 Å². The fourth-order valence-corrected chi connectivity index (χ4v) is 3.00. The van der Waals surface area contributed by atoms with Gasteiger partial charge in [-0.3, -0.25) is 14.9 Å². The molecule has 1 amide bonds. The van der Waals surface area contributed by atoms with Crippen molar-refractivity contribution in [3.63, 3.8) is 0 Å². The van der Waals surface area contributed by atoms with Crippen molar-refractivity contribution < 1.29 is 9.72 Å². The number of nitro groups is 1. The number of hydrogen-bond donors (Lipinski definition) is 2. The van der Waals surface area contributed by atoms with Crippen LogP contribution in [0.3, 0.4) is 0 Å².